The Morgan fingerprint density at radius 2 is 2.38 bits per heavy atom. The lowest BCUT2D eigenvalue weighted by atomic mass is 10.2. The molecule has 0 amide bonds. The maximum Gasteiger partial charge on any atom is 0.253 e. The molecule has 3 nitrogen and oxygen atoms in total. The van der Waals surface area contributed by atoms with Gasteiger partial charge in [0.15, 0.2) is 0 Å². The molecule has 0 radical (unpaired) electrons. The van der Waals surface area contributed by atoms with Crippen LogP contribution in [-0.2, 0) is 0 Å². The van der Waals surface area contributed by atoms with Crippen LogP contribution in [0.1, 0.15) is 36.8 Å². The van der Waals surface area contributed by atoms with Crippen LogP contribution in [0, 0.1) is 12.8 Å². The highest BCUT2D eigenvalue weighted by atomic mass is 16.1. The molecule has 1 aromatic rings. The van der Waals surface area contributed by atoms with Gasteiger partial charge in [-0.1, -0.05) is 0 Å². The molecule has 0 saturated heterocycles. The predicted molar refractivity (Wildman–Crippen MR) is 48.8 cm³/mol. The average molecular weight is 176 g/mol. The molecule has 1 fully saturated rings. The molecular formula is C10H12N2O. The molecule has 1 aliphatic carbocycles. The lowest BCUT2D eigenvalue weighted by Gasteiger charge is -2.11. The van der Waals surface area contributed by atoms with Gasteiger partial charge in [0.1, 0.15) is 5.82 Å². The van der Waals surface area contributed by atoms with Gasteiger partial charge in [-0.25, -0.2) is 4.98 Å². The van der Waals surface area contributed by atoms with Crippen LogP contribution in [0.4, 0.5) is 0 Å². The van der Waals surface area contributed by atoms with E-state index in [4.69, 9.17) is 0 Å². The van der Waals surface area contributed by atoms with Crippen LogP contribution in [-0.4, -0.2) is 9.55 Å². The smallest absolute Gasteiger partial charge is 0.253 e. The molecule has 1 aromatic heterocycles. The van der Waals surface area contributed by atoms with Gasteiger partial charge in [0, 0.05) is 23.7 Å². The van der Waals surface area contributed by atoms with Crippen molar-refractivity contribution in [3.63, 3.8) is 0 Å². The van der Waals surface area contributed by atoms with E-state index >= 15 is 0 Å². The number of hydrogen-bond acceptors (Lipinski definition) is 2. The summed E-state index contributed by atoms with van der Waals surface area (Å²) in [5.74, 6) is 2.31. The van der Waals surface area contributed by atoms with Crippen LogP contribution in [0.5, 0.6) is 0 Å². The second-order valence-corrected chi connectivity index (χ2v) is 4.21. The molecule has 3 atom stereocenters. The van der Waals surface area contributed by atoms with Crippen LogP contribution in [0.15, 0.2) is 10.9 Å². The van der Waals surface area contributed by atoms with Gasteiger partial charge >= 0.3 is 0 Å². The fourth-order valence-corrected chi connectivity index (χ4v) is 2.54. The fourth-order valence-electron chi connectivity index (χ4n) is 2.54. The standard InChI is InChI=1S/C10H12N2O/c1-5-3-9(13)12-6(2)7-4-8(7)10(12)11-5/h3,6-8H,4H2,1-2H3. The summed E-state index contributed by atoms with van der Waals surface area (Å²) in [5.41, 5.74) is 0.984. The Bertz CT molecular complexity index is 435. The molecule has 0 N–H and O–H groups in total. The van der Waals surface area contributed by atoms with Gasteiger partial charge < -0.3 is 0 Å². The van der Waals surface area contributed by atoms with Crippen molar-refractivity contribution in [3.05, 3.63) is 27.9 Å². The molecule has 3 rings (SSSR count). The summed E-state index contributed by atoms with van der Waals surface area (Å²) in [5, 5.41) is 0. The maximum absolute atomic E-state index is 11.6. The Morgan fingerprint density at radius 3 is 3.15 bits per heavy atom. The summed E-state index contributed by atoms with van der Waals surface area (Å²) < 4.78 is 1.87. The van der Waals surface area contributed by atoms with E-state index in [0.717, 1.165) is 11.5 Å². The monoisotopic (exact) mass is 176 g/mol. The van der Waals surface area contributed by atoms with E-state index in [1.165, 1.54) is 6.42 Å². The highest BCUT2D eigenvalue weighted by Crippen LogP contribution is 2.57. The van der Waals surface area contributed by atoms with Gasteiger partial charge in [0.05, 0.1) is 0 Å². The SMILES string of the molecule is Cc1cc(=O)n2c(n1)C1CC1C2C. The zero-order valence-electron chi connectivity index (χ0n) is 7.82. The highest BCUT2D eigenvalue weighted by Gasteiger charge is 2.51. The first-order chi connectivity index (χ1) is 6.18. The number of aryl methyl sites for hydroxylation is 1. The number of fused-ring (bicyclic) bond motifs is 3. The minimum Gasteiger partial charge on any atom is -0.293 e. The molecule has 68 valence electrons. The largest absolute Gasteiger partial charge is 0.293 e. The average Bonchev–Trinajstić information content (AvgIpc) is 2.75. The number of nitrogens with zero attached hydrogens (tertiary/aromatic N) is 2. The Kier molecular flexibility index (Phi) is 1.14. The molecule has 2 aliphatic rings. The van der Waals surface area contributed by atoms with Crippen molar-refractivity contribution in [2.45, 2.75) is 32.2 Å². The zero-order valence-corrected chi connectivity index (χ0v) is 7.82. The molecule has 1 aliphatic heterocycles. The fraction of sp³-hybridized carbons (Fsp3) is 0.600. The maximum atomic E-state index is 11.6. The molecule has 3 unspecified atom stereocenters. The first-order valence-corrected chi connectivity index (χ1v) is 4.78. The van der Waals surface area contributed by atoms with E-state index in [-0.39, 0.29) is 5.56 Å². The van der Waals surface area contributed by atoms with Crippen LogP contribution in [0.2, 0.25) is 0 Å². The third kappa shape index (κ3) is 0.794. The highest BCUT2D eigenvalue weighted by molar-refractivity contribution is 5.22. The Balaban J connectivity index is 2.31. The summed E-state index contributed by atoms with van der Waals surface area (Å²) in [6.07, 6.45) is 1.23. The van der Waals surface area contributed by atoms with Gasteiger partial charge in [-0.05, 0) is 26.2 Å². The lowest BCUT2D eigenvalue weighted by molar-refractivity contribution is 0.498. The van der Waals surface area contributed by atoms with Gasteiger partial charge in [-0.15, -0.1) is 0 Å². The first-order valence-electron chi connectivity index (χ1n) is 4.78. The summed E-state index contributed by atoms with van der Waals surface area (Å²) in [4.78, 5) is 16.1. The summed E-state index contributed by atoms with van der Waals surface area (Å²) in [6, 6.07) is 2.01. The molecule has 2 heterocycles. The summed E-state index contributed by atoms with van der Waals surface area (Å²) in [6.45, 7) is 4.02. The Labute approximate surface area is 76.4 Å². The van der Waals surface area contributed by atoms with Crippen LogP contribution in [0.25, 0.3) is 0 Å². The quantitative estimate of drug-likeness (QED) is 0.596. The lowest BCUT2D eigenvalue weighted by Crippen LogP contribution is -2.24. The van der Waals surface area contributed by atoms with E-state index in [1.54, 1.807) is 6.07 Å². The minimum absolute atomic E-state index is 0.127. The number of rotatable bonds is 0. The molecule has 0 spiro atoms. The number of hydrogen-bond donors (Lipinski definition) is 0. The van der Waals surface area contributed by atoms with Crippen molar-refractivity contribution in [2.75, 3.05) is 0 Å². The van der Waals surface area contributed by atoms with Gasteiger partial charge in [0.25, 0.3) is 5.56 Å². The second-order valence-electron chi connectivity index (χ2n) is 4.21. The van der Waals surface area contributed by atoms with E-state index in [2.05, 4.69) is 11.9 Å². The zero-order chi connectivity index (χ0) is 9.16. The van der Waals surface area contributed by atoms with Gasteiger partial charge in [0.2, 0.25) is 0 Å². The summed E-state index contributed by atoms with van der Waals surface area (Å²) in [7, 11) is 0. The normalized spacial score (nSPS) is 34.2. The molecule has 0 aromatic carbocycles. The molecular weight excluding hydrogens is 164 g/mol. The van der Waals surface area contributed by atoms with E-state index in [0.29, 0.717) is 17.9 Å². The van der Waals surface area contributed by atoms with Crippen molar-refractivity contribution in [1.82, 2.24) is 9.55 Å². The van der Waals surface area contributed by atoms with Crippen molar-refractivity contribution < 1.29 is 0 Å². The van der Waals surface area contributed by atoms with Gasteiger partial charge in [-0.2, -0.15) is 0 Å². The third-order valence-corrected chi connectivity index (χ3v) is 3.31. The molecule has 13 heavy (non-hydrogen) atoms. The first kappa shape index (κ1) is 7.30. The number of aromatic nitrogens is 2. The Morgan fingerprint density at radius 1 is 1.62 bits per heavy atom. The van der Waals surface area contributed by atoms with E-state index < -0.39 is 0 Å². The van der Waals surface area contributed by atoms with Crippen molar-refractivity contribution >= 4 is 0 Å². The third-order valence-electron chi connectivity index (χ3n) is 3.31. The Hall–Kier alpha value is -1.12. The van der Waals surface area contributed by atoms with Crippen LogP contribution >= 0.6 is 0 Å². The van der Waals surface area contributed by atoms with Crippen LogP contribution < -0.4 is 5.56 Å². The van der Waals surface area contributed by atoms with Crippen molar-refractivity contribution in [3.8, 4) is 0 Å². The van der Waals surface area contributed by atoms with E-state index in [9.17, 15) is 4.79 Å². The van der Waals surface area contributed by atoms with Gasteiger partial charge in [-0.3, -0.25) is 9.36 Å². The minimum atomic E-state index is 0.127. The summed E-state index contributed by atoms with van der Waals surface area (Å²) >= 11 is 0. The van der Waals surface area contributed by atoms with Crippen molar-refractivity contribution in [2.24, 2.45) is 5.92 Å². The van der Waals surface area contributed by atoms with Crippen LogP contribution in [0.3, 0.4) is 0 Å². The predicted octanol–water partition coefficient (Wildman–Crippen LogP) is 1.23. The van der Waals surface area contributed by atoms with E-state index in [1.807, 2.05) is 11.5 Å². The molecule has 1 saturated carbocycles. The molecule has 0 bridgehead atoms. The molecule has 3 heteroatoms. The topological polar surface area (TPSA) is 34.9 Å². The van der Waals surface area contributed by atoms with Crippen molar-refractivity contribution in [1.29, 1.82) is 0 Å². The second kappa shape index (κ2) is 2.03.